The quantitative estimate of drug-likeness (QED) is 0.698. The molecule has 1 aliphatic heterocycles. The maximum Gasteiger partial charge on any atom is 0.414 e. The van der Waals surface area contributed by atoms with E-state index in [9.17, 15) is 18.0 Å². The summed E-state index contributed by atoms with van der Waals surface area (Å²) in [6, 6.07) is 4.89. The second-order valence-corrected chi connectivity index (χ2v) is 9.40. The van der Waals surface area contributed by atoms with E-state index in [-0.39, 0.29) is 5.75 Å². The van der Waals surface area contributed by atoms with E-state index < -0.39 is 21.7 Å². The molecule has 2 heterocycles. The third-order valence-electron chi connectivity index (χ3n) is 4.86. The van der Waals surface area contributed by atoms with Gasteiger partial charge in [0.1, 0.15) is 17.2 Å². The van der Waals surface area contributed by atoms with Crippen molar-refractivity contribution in [3.63, 3.8) is 0 Å². The van der Waals surface area contributed by atoms with Crippen LogP contribution in [0, 0.1) is 6.92 Å². The molecule has 2 aromatic rings. The van der Waals surface area contributed by atoms with Crippen molar-refractivity contribution >= 4 is 27.1 Å². The van der Waals surface area contributed by atoms with Gasteiger partial charge in [0.2, 0.25) is 10.0 Å². The van der Waals surface area contributed by atoms with Gasteiger partial charge in [-0.3, -0.25) is 4.72 Å². The maximum atomic E-state index is 12.7. The first-order chi connectivity index (χ1) is 14.4. The average Bonchev–Trinajstić information content (AvgIpc) is 2.66. The van der Waals surface area contributed by atoms with E-state index in [4.69, 9.17) is 9.15 Å². The number of carbonyl (C=O) groups excluding carboxylic acids is 1. The number of nitrogens with zero attached hydrogens (tertiary/aromatic N) is 2. The molecule has 1 amide bonds. The summed E-state index contributed by atoms with van der Waals surface area (Å²) in [4.78, 5) is 27.5. The summed E-state index contributed by atoms with van der Waals surface area (Å²) in [5.41, 5.74) is 1.86. The average molecular weight is 448 g/mol. The Morgan fingerprint density at radius 2 is 2.03 bits per heavy atom. The van der Waals surface area contributed by atoms with Crippen LogP contribution < -0.4 is 15.1 Å². The molecule has 0 fully saturated rings. The minimum atomic E-state index is -3.42. The molecule has 10 heteroatoms. The second-order valence-electron chi connectivity index (χ2n) is 7.65. The number of benzene rings is 1. The Balaban J connectivity index is 1.93. The second kappa shape index (κ2) is 8.46. The molecule has 0 radical (unpaired) electrons. The highest BCUT2D eigenvalue weighted by Gasteiger charge is 2.18. The topological polar surface area (TPSA) is 109 Å². The van der Waals surface area contributed by atoms with Crippen LogP contribution in [0.3, 0.4) is 0 Å². The molecule has 0 spiro atoms. The molecule has 0 saturated heterocycles. The fraction of sp³-hybridized carbons (Fsp3) is 0.333. The van der Waals surface area contributed by atoms with Gasteiger partial charge in [0, 0.05) is 51.1 Å². The standard InChI is InChI=1S/C21H25N3O6S/c1-13-16-7-6-15(29-21(26)23(2)3)12-18(16)30-20(25)17(13)10-14-8-9-24(4)19(11-14)22-31(5,27)28/h6-8,11-12,22H,9-10H2,1-5H3. The van der Waals surface area contributed by atoms with E-state index in [2.05, 4.69) is 4.72 Å². The van der Waals surface area contributed by atoms with Crippen LogP contribution in [0.25, 0.3) is 11.0 Å². The Labute approximate surface area is 180 Å². The Morgan fingerprint density at radius 3 is 2.68 bits per heavy atom. The van der Waals surface area contributed by atoms with Crippen LogP contribution >= 0.6 is 0 Å². The molecule has 1 aromatic carbocycles. The zero-order chi connectivity index (χ0) is 22.9. The lowest BCUT2D eigenvalue weighted by Crippen LogP contribution is -2.34. The smallest absolute Gasteiger partial charge is 0.414 e. The van der Waals surface area contributed by atoms with Crippen molar-refractivity contribution in [2.24, 2.45) is 0 Å². The number of likely N-dealkylation sites (N-methyl/N-ethyl adjacent to an activating group) is 1. The van der Waals surface area contributed by atoms with Crippen LogP contribution in [-0.2, 0) is 16.4 Å². The lowest BCUT2D eigenvalue weighted by molar-refractivity contribution is 0.172. The monoisotopic (exact) mass is 447 g/mol. The van der Waals surface area contributed by atoms with Crippen molar-refractivity contribution in [2.75, 3.05) is 33.9 Å². The Hall–Kier alpha value is -3.27. The molecule has 1 aromatic heterocycles. The Bertz CT molecular complexity index is 1260. The van der Waals surface area contributed by atoms with Crippen molar-refractivity contribution < 1.29 is 22.4 Å². The number of rotatable bonds is 5. The number of hydrogen-bond donors (Lipinski definition) is 1. The number of sulfonamides is 1. The molecule has 166 valence electrons. The number of aryl methyl sites for hydroxylation is 1. The van der Waals surface area contributed by atoms with Gasteiger partial charge >= 0.3 is 11.7 Å². The molecule has 0 bridgehead atoms. The number of allylic oxidation sites excluding steroid dienone is 2. The van der Waals surface area contributed by atoms with Gasteiger partial charge in [-0.25, -0.2) is 18.0 Å². The molecule has 0 saturated carbocycles. The van der Waals surface area contributed by atoms with E-state index in [0.29, 0.717) is 29.9 Å². The summed E-state index contributed by atoms with van der Waals surface area (Å²) < 4.78 is 36.4. The van der Waals surface area contributed by atoms with Crippen molar-refractivity contribution in [1.82, 2.24) is 14.5 Å². The SMILES string of the molecule is Cc1c(CC2=CCN(C)C(NS(C)(=O)=O)=C2)c(=O)oc2cc(OC(=O)N(C)C)ccc12. The highest BCUT2D eigenvalue weighted by molar-refractivity contribution is 7.88. The summed E-state index contributed by atoms with van der Waals surface area (Å²) in [5, 5.41) is 0.728. The molecule has 0 aliphatic carbocycles. The fourth-order valence-corrected chi connectivity index (χ4v) is 3.75. The fourth-order valence-electron chi connectivity index (χ4n) is 3.16. The molecule has 0 atom stereocenters. The van der Waals surface area contributed by atoms with Gasteiger partial charge in [-0.1, -0.05) is 6.08 Å². The summed E-state index contributed by atoms with van der Waals surface area (Å²) in [6.45, 7) is 2.33. The van der Waals surface area contributed by atoms with Crippen molar-refractivity contribution in [3.05, 3.63) is 63.3 Å². The minimum absolute atomic E-state index is 0.277. The number of nitrogens with one attached hydrogen (secondary N) is 1. The number of carbonyl (C=O) groups is 1. The lowest BCUT2D eigenvalue weighted by atomic mass is 9.98. The molecule has 1 aliphatic rings. The van der Waals surface area contributed by atoms with Crippen LogP contribution in [0.1, 0.15) is 11.1 Å². The van der Waals surface area contributed by atoms with Crippen LogP contribution in [0.5, 0.6) is 5.75 Å². The molecule has 9 nitrogen and oxygen atoms in total. The zero-order valence-corrected chi connectivity index (χ0v) is 18.9. The van der Waals surface area contributed by atoms with Crippen LogP contribution in [0.4, 0.5) is 4.79 Å². The molecular formula is C21H25N3O6S. The maximum absolute atomic E-state index is 12.7. The van der Waals surface area contributed by atoms with Gasteiger partial charge in [-0.2, -0.15) is 0 Å². The predicted molar refractivity (Wildman–Crippen MR) is 117 cm³/mol. The zero-order valence-electron chi connectivity index (χ0n) is 18.1. The highest BCUT2D eigenvalue weighted by Crippen LogP contribution is 2.26. The minimum Gasteiger partial charge on any atom is -0.422 e. The van der Waals surface area contributed by atoms with E-state index >= 15 is 0 Å². The molecule has 31 heavy (non-hydrogen) atoms. The summed E-state index contributed by atoms with van der Waals surface area (Å²) >= 11 is 0. The van der Waals surface area contributed by atoms with Gasteiger partial charge in [0.25, 0.3) is 0 Å². The molecule has 3 rings (SSSR count). The van der Waals surface area contributed by atoms with Crippen molar-refractivity contribution in [1.29, 1.82) is 0 Å². The normalized spacial score (nSPS) is 14.2. The lowest BCUT2D eigenvalue weighted by Gasteiger charge is -2.26. The molecule has 1 N–H and O–H groups in total. The Kier molecular flexibility index (Phi) is 6.12. The van der Waals surface area contributed by atoms with Gasteiger partial charge in [0.15, 0.2) is 0 Å². The number of amides is 1. The van der Waals surface area contributed by atoms with Gasteiger partial charge < -0.3 is 19.0 Å². The third kappa shape index (κ3) is 5.26. The largest absolute Gasteiger partial charge is 0.422 e. The number of ether oxygens (including phenoxy) is 1. The van der Waals surface area contributed by atoms with Gasteiger partial charge in [-0.05, 0) is 36.3 Å². The van der Waals surface area contributed by atoms with E-state index in [0.717, 1.165) is 22.8 Å². The first-order valence-corrected chi connectivity index (χ1v) is 11.4. The summed E-state index contributed by atoms with van der Waals surface area (Å²) in [6.07, 6.45) is 4.49. The summed E-state index contributed by atoms with van der Waals surface area (Å²) in [5.74, 6) is 0.717. The predicted octanol–water partition coefficient (Wildman–Crippen LogP) is 1.97. The molecular weight excluding hydrogens is 422 g/mol. The van der Waals surface area contributed by atoms with E-state index in [1.807, 2.05) is 13.0 Å². The van der Waals surface area contributed by atoms with Crippen molar-refractivity contribution in [2.45, 2.75) is 13.3 Å². The van der Waals surface area contributed by atoms with E-state index in [1.165, 1.54) is 11.0 Å². The van der Waals surface area contributed by atoms with Crippen LogP contribution in [0.2, 0.25) is 0 Å². The highest BCUT2D eigenvalue weighted by atomic mass is 32.2. The first kappa shape index (κ1) is 22.4. The summed E-state index contributed by atoms with van der Waals surface area (Å²) in [7, 11) is 1.49. The molecule has 0 unspecified atom stereocenters. The van der Waals surface area contributed by atoms with Crippen LogP contribution in [-0.4, -0.2) is 58.3 Å². The Morgan fingerprint density at radius 1 is 1.32 bits per heavy atom. The van der Waals surface area contributed by atoms with Crippen molar-refractivity contribution in [3.8, 4) is 5.75 Å². The third-order valence-corrected chi connectivity index (χ3v) is 5.44. The number of hydrogen-bond acceptors (Lipinski definition) is 7. The van der Waals surface area contributed by atoms with E-state index in [1.54, 1.807) is 44.3 Å². The van der Waals surface area contributed by atoms with Gasteiger partial charge in [0.05, 0.1) is 6.26 Å². The number of fused-ring (bicyclic) bond motifs is 1. The van der Waals surface area contributed by atoms with Gasteiger partial charge in [-0.15, -0.1) is 0 Å². The van der Waals surface area contributed by atoms with Crippen LogP contribution in [0.15, 0.2) is 51.0 Å². The first-order valence-electron chi connectivity index (χ1n) is 9.49.